The van der Waals surface area contributed by atoms with E-state index in [1.807, 2.05) is 36.4 Å². The molecule has 0 saturated carbocycles. The molecule has 32 heavy (non-hydrogen) atoms. The van der Waals surface area contributed by atoms with E-state index in [1.54, 1.807) is 24.3 Å². The van der Waals surface area contributed by atoms with Crippen LogP contribution in [0.5, 0.6) is 0 Å². The van der Waals surface area contributed by atoms with Gasteiger partial charge in [-0.1, -0.05) is 42.5 Å². The third-order valence-electron chi connectivity index (χ3n) is 4.46. The SMILES string of the molecule is COC(=O)[C@@H](Cc1ccc(C#N)cc1)NC(=O)C[C@H](O)CNC(=O)OCc1ccccc1. The molecule has 2 atom stereocenters. The van der Waals surface area contributed by atoms with E-state index in [9.17, 15) is 19.5 Å². The number of benzene rings is 2. The van der Waals surface area contributed by atoms with Crippen molar-refractivity contribution in [2.75, 3.05) is 13.7 Å². The quantitative estimate of drug-likeness (QED) is 0.476. The van der Waals surface area contributed by atoms with Crippen LogP contribution in [0, 0.1) is 11.3 Å². The van der Waals surface area contributed by atoms with Crippen molar-refractivity contribution in [3.8, 4) is 6.07 Å². The fraction of sp³-hybridized carbons (Fsp3) is 0.304. The maximum Gasteiger partial charge on any atom is 0.407 e. The number of esters is 1. The number of nitrogens with zero attached hydrogens (tertiary/aromatic N) is 1. The molecule has 0 unspecified atom stereocenters. The Morgan fingerprint density at radius 1 is 1.06 bits per heavy atom. The number of nitriles is 1. The van der Waals surface area contributed by atoms with Crippen LogP contribution in [0.15, 0.2) is 54.6 Å². The normalized spacial score (nSPS) is 12.0. The molecule has 0 aromatic heterocycles. The molecule has 9 nitrogen and oxygen atoms in total. The number of amides is 2. The Kier molecular flexibility index (Phi) is 9.69. The number of methoxy groups -OCH3 is 1. The van der Waals surface area contributed by atoms with Crippen molar-refractivity contribution in [2.45, 2.75) is 31.6 Å². The van der Waals surface area contributed by atoms with Gasteiger partial charge in [0, 0.05) is 13.0 Å². The lowest BCUT2D eigenvalue weighted by Crippen LogP contribution is -2.45. The molecule has 0 bridgehead atoms. The van der Waals surface area contributed by atoms with Gasteiger partial charge in [-0.2, -0.15) is 5.26 Å². The van der Waals surface area contributed by atoms with Crippen LogP contribution in [0.2, 0.25) is 0 Å². The monoisotopic (exact) mass is 439 g/mol. The Balaban J connectivity index is 1.78. The van der Waals surface area contributed by atoms with E-state index in [0.29, 0.717) is 5.56 Å². The summed E-state index contributed by atoms with van der Waals surface area (Å²) in [5.74, 6) is -1.22. The Labute approximate surface area is 186 Å². The van der Waals surface area contributed by atoms with Crippen molar-refractivity contribution in [2.24, 2.45) is 0 Å². The van der Waals surface area contributed by atoms with Crippen molar-refractivity contribution in [1.29, 1.82) is 5.26 Å². The minimum atomic E-state index is -1.17. The number of aliphatic hydroxyl groups excluding tert-OH is 1. The first-order valence-corrected chi connectivity index (χ1v) is 9.90. The third-order valence-corrected chi connectivity index (χ3v) is 4.46. The molecule has 0 radical (unpaired) electrons. The van der Waals surface area contributed by atoms with E-state index in [4.69, 9.17) is 14.7 Å². The van der Waals surface area contributed by atoms with Gasteiger partial charge in [0.15, 0.2) is 0 Å². The molecule has 2 aromatic carbocycles. The number of aliphatic hydroxyl groups is 1. The number of alkyl carbamates (subject to hydrolysis) is 1. The van der Waals surface area contributed by atoms with E-state index in [1.165, 1.54) is 7.11 Å². The van der Waals surface area contributed by atoms with Crippen LogP contribution in [0.3, 0.4) is 0 Å². The first-order chi connectivity index (χ1) is 15.4. The molecule has 9 heteroatoms. The summed E-state index contributed by atoms with van der Waals surface area (Å²) in [7, 11) is 1.21. The zero-order chi connectivity index (χ0) is 23.3. The lowest BCUT2D eigenvalue weighted by atomic mass is 10.0. The minimum Gasteiger partial charge on any atom is -0.467 e. The maximum atomic E-state index is 12.3. The fourth-order valence-corrected chi connectivity index (χ4v) is 2.80. The highest BCUT2D eigenvalue weighted by Crippen LogP contribution is 2.08. The third kappa shape index (κ3) is 8.45. The summed E-state index contributed by atoms with van der Waals surface area (Å²) in [5, 5.41) is 23.8. The van der Waals surface area contributed by atoms with E-state index in [-0.39, 0.29) is 26.0 Å². The molecule has 2 aromatic rings. The van der Waals surface area contributed by atoms with Gasteiger partial charge in [0.2, 0.25) is 5.91 Å². The number of nitrogens with one attached hydrogen (secondary N) is 2. The van der Waals surface area contributed by atoms with Crippen LogP contribution >= 0.6 is 0 Å². The predicted octanol–water partition coefficient (Wildman–Crippen LogP) is 1.44. The van der Waals surface area contributed by atoms with Crippen LogP contribution in [0.1, 0.15) is 23.1 Å². The van der Waals surface area contributed by atoms with Gasteiger partial charge in [0.05, 0.1) is 31.3 Å². The molecule has 2 rings (SSSR count). The number of carbonyl (C=O) groups excluding carboxylic acids is 3. The summed E-state index contributed by atoms with van der Waals surface area (Å²) in [4.78, 5) is 36.0. The highest BCUT2D eigenvalue weighted by atomic mass is 16.5. The first-order valence-electron chi connectivity index (χ1n) is 9.90. The molecule has 0 spiro atoms. The number of hydrogen-bond acceptors (Lipinski definition) is 7. The van der Waals surface area contributed by atoms with Gasteiger partial charge in [-0.3, -0.25) is 4.79 Å². The second kappa shape index (κ2) is 12.7. The first kappa shape index (κ1) is 24.4. The van der Waals surface area contributed by atoms with Crippen molar-refractivity contribution < 1.29 is 29.0 Å². The highest BCUT2D eigenvalue weighted by Gasteiger charge is 2.23. The molecule has 0 aliphatic carbocycles. The van der Waals surface area contributed by atoms with Crippen molar-refractivity contribution in [3.05, 3.63) is 71.3 Å². The number of rotatable bonds is 10. The molecule has 2 amide bonds. The summed E-state index contributed by atoms with van der Waals surface area (Å²) in [6, 6.07) is 16.7. The largest absolute Gasteiger partial charge is 0.467 e. The second-order valence-corrected chi connectivity index (χ2v) is 6.96. The molecule has 3 N–H and O–H groups in total. The lowest BCUT2D eigenvalue weighted by molar-refractivity contribution is -0.145. The van der Waals surface area contributed by atoms with Gasteiger partial charge < -0.3 is 25.2 Å². The fourth-order valence-electron chi connectivity index (χ4n) is 2.80. The Morgan fingerprint density at radius 2 is 1.75 bits per heavy atom. The predicted molar refractivity (Wildman–Crippen MR) is 114 cm³/mol. The van der Waals surface area contributed by atoms with Gasteiger partial charge in [0.25, 0.3) is 0 Å². The van der Waals surface area contributed by atoms with E-state index < -0.39 is 30.1 Å². The van der Waals surface area contributed by atoms with Gasteiger partial charge in [0.1, 0.15) is 12.6 Å². The van der Waals surface area contributed by atoms with E-state index in [0.717, 1.165) is 11.1 Å². The summed E-state index contributed by atoms with van der Waals surface area (Å²) < 4.78 is 9.77. The molecule has 0 fully saturated rings. The minimum absolute atomic E-state index is 0.0827. The standard InChI is InChI=1S/C23H25N3O6/c1-31-22(29)20(11-16-7-9-17(13-24)10-8-16)26-21(28)12-19(27)14-25-23(30)32-15-18-5-3-2-4-6-18/h2-10,19-20,27H,11-12,14-15H2,1H3,(H,25,30)(H,26,28)/t19-,20+/m0/s1. The van der Waals surface area contributed by atoms with Crippen LogP contribution in [-0.4, -0.2) is 48.9 Å². The zero-order valence-electron chi connectivity index (χ0n) is 17.6. The molecule has 0 saturated heterocycles. The Bertz CT molecular complexity index is 940. The van der Waals surface area contributed by atoms with Crippen molar-refractivity contribution in [3.63, 3.8) is 0 Å². The van der Waals surface area contributed by atoms with E-state index >= 15 is 0 Å². The van der Waals surface area contributed by atoms with Crippen LogP contribution < -0.4 is 10.6 Å². The molecular weight excluding hydrogens is 414 g/mol. The average Bonchev–Trinajstić information content (AvgIpc) is 2.81. The van der Waals surface area contributed by atoms with Crippen molar-refractivity contribution in [1.82, 2.24) is 10.6 Å². The second-order valence-electron chi connectivity index (χ2n) is 6.96. The number of ether oxygens (including phenoxy) is 2. The van der Waals surface area contributed by atoms with Gasteiger partial charge in [-0.15, -0.1) is 0 Å². The topological polar surface area (TPSA) is 138 Å². The molecule has 0 aliphatic rings. The Hall–Kier alpha value is -3.90. The van der Waals surface area contributed by atoms with Crippen LogP contribution in [0.25, 0.3) is 0 Å². The average molecular weight is 439 g/mol. The number of hydrogen-bond donors (Lipinski definition) is 3. The van der Waals surface area contributed by atoms with Crippen LogP contribution in [-0.2, 0) is 32.1 Å². The zero-order valence-corrected chi connectivity index (χ0v) is 17.6. The smallest absolute Gasteiger partial charge is 0.407 e. The van der Waals surface area contributed by atoms with E-state index in [2.05, 4.69) is 10.6 Å². The summed E-state index contributed by atoms with van der Waals surface area (Å²) in [5.41, 5.74) is 2.02. The molecular formula is C23H25N3O6. The highest BCUT2D eigenvalue weighted by molar-refractivity contribution is 5.85. The number of carbonyl (C=O) groups is 3. The summed E-state index contributed by atoms with van der Waals surface area (Å²) in [6.07, 6.45) is -2.07. The Morgan fingerprint density at radius 3 is 2.38 bits per heavy atom. The van der Waals surface area contributed by atoms with Gasteiger partial charge >= 0.3 is 12.1 Å². The van der Waals surface area contributed by atoms with Gasteiger partial charge in [-0.05, 0) is 23.3 Å². The summed E-state index contributed by atoms with van der Waals surface area (Å²) in [6.45, 7) is -0.112. The van der Waals surface area contributed by atoms with Crippen LogP contribution in [0.4, 0.5) is 4.79 Å². The molecule has 0 aliphatic heterocycles. The van der Waals surface area contributed by atoms with Crippen molar-refractivity contribution >= 4 is 18.0 Å². The molecule has 0 heterocycles. The van der Waals surface area contributed by atoms with Gasteiger partial charge in [-0.25, -0.2) is 9.59 Å². The molecule has 168 valence electrons. The lowest BCUT2D eigenvalue weighted by Gasteiger charge is -2.18. The summed E-state index contributed by atoms with van der Waals surface area (Å²) >= 11 is 0. The maximum absolute atomic E-state index is 12.3.